The number of hydrogen-bond donors (Lipinski definition) is 2. The number of halogens is 2. The van der Waals surface area contributed by atoms with Gasteiger partial charge in [-0.15, -0.1) is 0 Å². The van der Waals surface area contributed by atoms with Gasteiger partial charge in [0.15, 0.2) is 0 Å². The number of hydrogen-bond acceptors (Lipinski definition) is 6. The third-order valence-electron chi connectivity index (χ3n) is 5.24. The molecule has 2 N–H and O–H groups in total. The van der Waals surface area contributed by atoms with Crippen LogP contribution >= 0.6 is 23.2 Å². The van der Waals surface area contributed by atoms with Crippen LogP contribution in [-0.4, -0.2) is 25.8 Å². The van der Waals surface area contributed by atoms with Gasteiger partial charge in [0.2, 0.25) is 0 Å². The highest BCUT2D eigenvalue weighted by Gasteiger charge is 2.36. The number of aliphatic hydroxyl groups excluding tert-OH is 1. The predicted molar refractivity (Wildman–Crippen MR) is 121 cm³/mol. The molecule has 1 aliphatic rings. The molecule has 1 aliphatic heterocycles. The second-order valence-corrected chi connectivity index (χ2v) is 8.14. The van der Waals surface area contributed by atoms with Crippen molar-refractivity contribution in [3.05, 3.63) is 84.7 Å². The van der Waals surface area contributed by atoms with E-state index in [0.29, 0.717) is 40.2 Å². The summed E-state index contributed by atoms with van der Waals surface area (Å²) in [5, 5.41) is 13.6. The molecule has 8 nitrogen and oxygen atoms in total. The molecule has 162 valence electrons. The van der Waals surface area contributed by atoms with Gasteiger partial charge in [0, 0.05) is 31.4 Å². The lowest BCUT2D eigenvalue weighted by molar-refractivity contribution is 0.277. The lowest BCUT2D eigenvalue weighted by Crippen LogP contribution is -2.41. The summed E-state index contributed by atoms with van der Waals surface area (Å²) < 4.78 is 2.58. The summed E-state index contributed by atoms with van der Waals surface area (Å²) in [6.07, 6.45) is 1.45. The standard InChI is InChI=1S/C21H21Cl2N5O3/c1-26-19-17(20(30)27(21(26)31)9-2-10-29)28(12-16-8-7-15(23)11-24-16)18(25-19)13-3-5-14(22)6-4-13/h3-8,11,18,25,29H,2,9-10,12H2,1H3. The number of rotatable bonds is 6. The number of anilines is 2. The van der Waals surface area contributed by atoms with Crippen molar-refractivity contribution in [3.8, 4) is 0 Å². The number of pyridine rings is 1. The lowest BCUT2D eigenvalue weighted by atomic mass is 10.1. The molecular weight excluding hydrogens is 441 g/mol. The minimum Gasteiger partial charge on any atom is -0.396 e. The Bertz CT molecular complexity index is 1210. The predicted octanol–water partition coefficient (Wildman–Crippen LogP) is 2.76. The van der Waals surface area contributed by atoms with Crippen molar-refractivity contribution >= 4 is 34.7 Å². The number of aromatic nitrogens is 3. The van der Waals surface area contributed by atoms with E-state index < -0.39 is 17.4 Å². The first-order valence-corrected chi connectivity index (χ1v) is 10.5. The van der Waals surface area contributed by atoms with Crippen molar-refractivity contribution in [2.75, 3.05) is 16.8 Å². The molecule has 31 heavy (non-hydrogen) atoms. The maximum absolute atomic E-state index is 13.3. The van der Waals surface area contributed by atoms with Crippen molar-refractivity contribution in [1.29, 1.82) is 0 Å². The summed E-state index contributed by atoms with van der Waals surface area (Å²) in [6.45, 7) is 0.336. The SMILES string of the molecule is Cn1c2c(c(=O)n(CCCO)c1=O)N(Cc1ccc(Cl)cn1)C(c1ccc(Cl)cc1)N2. The Labute approximate surface area is 188 Å². The Morgan fingerprint density at radius 1 is 1.10 bits per heavy atom. The third kappa shape index (κ3) is 4.06. The monoisotopic (exact) mass is 461 g/mol. The van der Waals surface area contributed by atoms with E-state index >= 15 is 0 Å². The van der Waals surface area contributed by atoms with E-state index in [1.807, 2.05) is 17.0 Å². The molecule has 4 rings (SSSR count). The molecule has 10 heteroatoms. The van der Waals surface area contributed by atoms with E-state index in [9.17, 15) is 14.7 Å². The fourth-order valence-electron chi connectivity index (χ4n) is 3.69. The second-order valence-electron chi connectivity index (χ2n) is 7.27. The maximum atomic E-state index is 13.3. The summed E-state index contributed by atoms with van der Waals surface area (Å²) in [5.41, 5.74) is 1.11. The molecular formula is C21H21Cl2N5O3. The van der Waals surface area contributed by atoms with Crippen LogP contribution in [0.15, 0.2) is 52.2 Å². The average Bonchev–Trinajstić information content (AvgIpc) is 3.14. The molecule has 0 aliphatic carbocycles. The number of aliphatic hydroxyl groups is 1. The van der Waals surface area contributed by atoms with E-state index in [-0.39, 0.29) is 13.2 Å². The molecule has 1 atom stereocenters. The van der Waals surface area contributed by atoms with Gasteiger partial charge in [0.05, 0.1) is 17.3 Å². The van der Waals surface area contributed by atoms with E-state index in [1.165, 1.54) is 4.57 Å². The molecule has 0 amide bonds. The van der Waals surface area contributed by atoms with Gasteiger partial charge < -0.3 is 15.3 Å². The highest BCUT2D eigenvalue weighted by molar-refractivity contribution is 6.30. The summed E-state index contributed by atoms with van der Waals surface area (Å²) in [4.78, 5) is 32.4. The number of benzene rings is 1. The van der Waals surface area contributed by atoms with E-state index in [2.05, 4.69) is 10.3 Å². The molecule has 0 saturated carbocycles. The summed E-state index contributed by atoms with van der Waals surface area (Å²) in [7, 11) is 1.62. The van der Waals surface area contributed by atoms with Crippen molar-refractivity contribution < 1.29 is 5.11 Å². The van der Waals surface area contributed by atoms with Crippen LogP contribution in [0.25, 0.3) is 0 Å². The molecule has 0 fully saturated rings. The van der Waals surface area contributed by atoms with Gasteiger partial charge in [-0.1, -0.05) is 35.3 Å². The number of nitrogens with zero attached hydrogens (tertiary/aromatic N) is 4. The minimum atomic E-state index is -0.439. The third-order valence-corrected chi connectivity index (χ3v) is 5.72. The fraction of sp³-hybridized carbons (Fsp3) is 0.286. The van der Waals surface area contributed by atoms with E-state index in [0.717, 1.165) is 10.1 Å². The van der Waals surface area contributed by atoms with Crippen LogP contribution in [0.2, 0.25) is 10.0 Å². The number of fused-ring (bicyclic) bond motifs is 1. The van der Waals surface area contributed by atoms with Gasteiger partial charge in [-0.25, -0.2) is 4.79 Å². The Hall–Kier alpha value is -2.81. The lowest BCUT2D eigenvalue weighted by Gasteiger charge is -2.26. The molecule has 0 saturated heterocycles. The normalized spacial score (nSPS) is 15.1. The zero-order valence-electron chi connectivity index (χ0n) is 16.8. The molecule has 0 radical (unpaired) electrons. The van der Waals surface area contributed by atoms with Crippen LogP contribution < -0.4 is 21.5 Å². The first-order valence-electron chi connectivity index (χ1n) is 9.74. The van der Waals surface area contributed by atoms with Crippen molar-refractivity contribution in [1.82, 2.24) is 14.1 Å². The summed E-state index contributed by atoms with van der Waals surface area (Å²) in [6, 6.07) is 10.8. The van der Waals surface area contributed by atoms with Crippen LogP contribution in [0.3, 0.4) is 0 Å². The van der Waals surface area contributed by atoms with Gasteiger partial charge in [0.25, 0.3) is 5.56 Å². The van der Waals surface area contributed by atoms with Crippen molar-refractivity contribution in [2.24, 2.45) is 7.05 Å². The minimum absolute atomic E-state index is 0.114. The molecule has 1 unspecified atom stereocenters. The quantitative estimate of drug-likeness (QED) is 0.586. The first kappa shape index (κ1) is 21.4. The van der Waals surface area contributed by atoms with Crippen LogP contribution in [0.1, 0.15) is 23.8 Å². The van der Waals surface area contributed by atoms with Gasteiger partial charge in [0.1, 0.15) is 17.7 Å². The van der Waals surface area contributed by atoms with E-state index in [4.69, 9.17) is 23.2 Å². The number of nitrogens with one attached hydrogen (secondary N) is 1. The highest BCUT2D eigenvalue weighted by Crippen LogP contribution is 2.39. The Balaban J connectivity index is 1.85. The fourth-order valence-corrected chi connectivity index (χ4v) is 3.93. The molecule has 3 heterocycles. The van der Waals surface area contributed by atoms with Crippen LogP contribution in [0.4, 0.5) is 11.5 Å². The van der Waals surface area contributed by atoms with Gasteiger partial charge in [-0.05, 0) is 36.2 Å². The van der Waals surface area contributed by atoms with Crippen molar-refractivity contribution in [2.45, 2.75) is 25.7 Å². The van der Waals surface area contributed by atoms with Crippen LogP contribution in [-0.2, 0) is 20.1 Å². The Morgan fingerprint density at radius 2 is 1.81 bits per heavy atom. The molecule has 3 aromatic rings. The molecule has 1 aromatic carbocycles. The summed E-state index contributed by atoms with van der Waals surface area (Å²) >= 11 is 12.0. The van der Waals surface area contributed by atoms with Crippen LogP contribution in [0.5, 0.6) is 0 Å². The molecule has 2 aromatic heterocycles. The van der Waals surface area contributed by atoms with Gasteiger partial charge in [-0.2, -0.15) is 0 Å². The Morgan fingerprint density at radius 3 is 2.45 bits per heavy atom. The van der Waals surface area contributed by atoms with Crippen molar-refractivity contribution in [3.63, 3.8) is 0 Å². The molecule has 0 bridgehead atoms. The first-order chi connectivity index (χ1) is 14.9. The van der Waals surface area contributed by atoms with E-state index in [1.54, 1.807) is 37.5 Å². The maximum Gasteiger partial charge on any atom is 0.332 e. The van der Waals surface area contributed by atoms with Gasteiger partial charge in [-0.3, -0.25) is 18.9 Å². The Kier molecular flexibility index (Phi) is 6.04. The zero-order chi connectivity index (χ0) is 22.1. The highest BCUT2D eigenvalue weighted by atomic mass is 35.5. The smallest absolute Gasteiger partial charge is 0.332 e. The zero-order valence-corrected chi connectivity index (χ0v) is 18.3. The topological polar surface area (TPSA) is 92.4 Å². The summed E-state index contributed by atoms with van der Waals surface area (Å²) in [5.74, 6) is 0.434. The molecule has 0 spiro atoms. The second kappa shape index (κ2) is 8.74. The largest absolute Gasteiger partial charge is 0.396 e. The van der Waals surface area contributed by atoms with Crippen LogP contribution in [0, 0.1) is 0 Å². The average molecular weight is 462 g/mol. The van der Waals surface area contributed by atoms with Gasteiger partial charge >= 0.3 is 5.69 Å².